The van der Waals surface area contributed by atoms with Crippen LogP contribution in [0, 0.1) is 13.8 Å². The highest BCUT2D eigenvalue weighted by Crippen LogP contribution is 2.36. The van der Waals surface area contributed by atoms with E-state index in [4.69, 9.17) is 25.8 Å². The fourth-order valence-corrected chi connectivity index (χ4v) is 6.36. The zero-order chi connectivity index (χ0) is 29.4. The molecule has 0 spiro atoms. The molecule has 0 amide bonds. The van der Waals surface area contributed by atoms with Gasteiger partial charge in [-0.15, -0.1) is 0 Å². The lowest BCUT2D eigenvalue weighted by Crippen LogP contribution is -2.40. The van der Waals surface area contributed by atoms with Crippen LogP contribution in [0.4, 0.5) is 0 Å². The molecule has 0 N–H and O–H groups in total. The topological polar surface area (TPSA) is 84.1 Å². The number of benzene rings is 2. The number of aromatic nitrogens is 2. The molecule has 0 bridgehead atoms. The fraction of sp³-hybridized carbons (Fsp3) is 0.258. The molecule has 2 aromatic heterocycles. The summed E-state index contributed by atoms with van der Waals surface area (Å²) in [5.74, 6) is 0.507. The largest absolute Gasteiger partial charge is 0.493 e. The minimum atomic E-state index is -0.756. The first-order valence-electron chi connectivity index (χ1n) is 13.0. The molecule has 1 unspecified atom stereocenters. The van der Waals surface area contributed by atoms with Crippen molar-refractivity contribution in [1.29, 1.82) is 0 Å². The van der Waals surface area contributed by atoms with Crippen LogP contribution < -0.4 is 24.4 Å². The van der Waals surface area contributed by atoms with Gasteiger partial charge in [0.15, 0.2) is 16.3 Å². The van der Waals surface area contributed by atoms with E-state index in [0.717, 1.165) is 22.6 Å². The molecule has 0 radical (unpaired) electrons. The zero-order valence-electron chi connectivity index (χ0n) is 23.6. The van der Waals surface area contributed by atoms with E-state index in [2.05, 4.69) is 9.56 Å². The highest BCUT2D eigenvalue weighted by Gasteiger charge is 2.34. The third-order valence-electron chi connectivity index (χ3n) is 7.08. The van der Waals surface area contributed by atoms with Crippen LogP contribution in [-0.2, 0) is 9.53 Å². The number of hydrogen-bond acceptors (Lipinski definition) is 7. The zero-order valence-corrected chi connectivity index (χ0v) is 25.2. The third-order valence-corrected chi connectivity index (χ3v) is 8.32. The molecule has 0 saturated carbocycles. The number of carbonyl (C=O) groups is 1. The maximum atomic E-state index is 14.1. The first-order valence-corrected chi connectivity index (χ1v) is 14.2. The summed E-state index contributed by atoms with van der Waals surface area (Å²) in [6.07, 6.45) is 1.88. The van der Waals surface area contributed by atoms with Gasteiger partial charge in [-0.05, 0) is 87.4 Å². The van der Waals surface area contributed by atoms with E-state index >= 15 is 0 Å². The first-order chi connectivity index (χ1) is 19.7. The fourth-order valence-electron chi connectivity index (χ4n) is 5.19. The van der Waals surface area contributed by atoms with Crippen LogP contribution in [0.25, 0.3) is 11.8 Å². The summed E-state index contributed by atoms with van der Waals surface area (Å²) >= 11 is 7.38. The number of thiazole rings is 1. The van der Waals surface area contributed by atoms with E-state index < -0.39 is 12.0 Å². The molecule has 4 aromatic rings. The van der Waals surface area contributed by atoms with Gasteiger partial charge in [0.05, 0.1) is 42.7 Å². The Balaban J connectivity index is 1.70. The number of aryl methyl sites for hydroxylation is 1. The summed E-state index contributed by atoms with van der Waals surface area (Å²) in [5, 5.41) is 0.666. The van der Waals surface area contributed by atoms with Gasteiger partial charge in [-0.25, -0.2) is 9.79 Å². The lowest BCUT2D eigenvalue weighted by atomic mass is 9.95. The van der Waals surface area contributed by atoms with Gasteiger partial charge in [-0.2, -0.15) is 0 Å². The molecule has 8 nitrogen and oxygen atoms in total. The number of methoxy groups -OCH3 is 2. The molecule has 10 heteroatoms. The van der Waals surface area contributed by atoms with Gasteiger partial charge >= 0.3 is 5.97 Å². The van der Waals surface area contributed by atoms with Crippen molar-refractivity contribution >= 4 is 35.0 Å². The van der Waals surface area contributed by atoms with Crippen LogP contribution in [0.1, 0.15) is 42.4 Å². The molecule has 0 aliphatic carbocycles. The number of esters is 1. The molecule has 3 heterocycles. The van der Waals surface area contributed by atoms with Crippen molar-refractivity contribution < 1.29 is 19.0 Å². The van der Waals surface area contributed by atoms with Crippen LogP contribution in [0.15, 0.2) is 69.6 Å². The Bertz CT molecular complexity index is 1860. The minimum absolute atomic E-state index is 0.196. The highest BCUT2D eigenvalue weighted by atomic mass is 35.5. The number of allylic oxidation sites excluding steroid dienone is 1. The Hall–Kier alpha value is -4.08. The normalized spacial score (nSPS) is 15.0. The van der Waals surface area contributed by atoms with E-state index in [9.17, 15) is 9.59 Å². The number of ether oxygens (including phenoxy) is 3. The second-order valence-corrected chi connectivity index (χ2v) is 11.0. The number of rotatable bonds is 7. The molecular formula is C31H30ClN3O5S. The molecule has 1 aliphatic heterocycles. The number of halogens is 1. The number of carbonyl (C=O) groups excluding carboxylic acids is 1. The SMILES string of the molecule is CCOC(=O)C1=C(C)N=c2sc(=Cc3cc(C)n(-c4ccc(Cl)cc4)c3C)c(=O)n2C1c1ccc(OC)c(OC)c1. The van der Waals surface area contributed by atoms with Crippen molar-refractivity contribution in [2.45, 2.75) is 33.7 Å². The monoisotopic (exact) mass is 591 g/mol. The highest BCUT2D eigenvalue weighted by molar-refractivity contribution is 7.07. The summed E-state index contributed by atoms with van der Waals surface area (Å²) in [5.41, 5.74) is 5.12. The maximum absolute atomic E-state index is 14.1. The van der Waals surface area contributed by atoms with Crippen LogP contribution in [0.3, 0.4) is 0 Å². The van der Waals surface area contributed by atoms with Crippen LogP contribution in [0.2, 0.25) is 5.02 Å². The summed E-state index contributed by atoms with van der Waals surface area (Å²) in [6, 6.07) is 14.3. The van der Waals surface area contributed by atoms with Gasteiger partial charge in [0.25, 0.3) is 5.56 Å². The second kappa shape index (κ2) is 11.4. The Morgan fingerprint density at radius 3 is 2.41 bits per heavy atom. The van der Waals surface area contributed by atoms with Crippen molar-refractivity contribution in [2.75, 3.05) is 20.8 Å². The predicted octanol–water partition coefficient (Wildman–Crippen LogP) is 4.88. The van der Waals surface area contributed by atoms with Gasteiger partial charge in [0, 0.05) is 22.1 Å². The summed E-state index contributed by atoms with van der Waals surface area (Å²) in [6.45, 7) is 7.74. The van der Waals surface area contributed by atoms with Gasteiger partial charge < -0.3 is 18.8 Å². The Morgan fingerprint density at radius 2 is 1.76 bits per heavy atom. The van der Waals surface area contributed by atoms with E-state index in [-0.39, 0.29) is 12.2 Å². The number of nitrogens with zero attached hydrogens (tertiary/aromatic N) is 3. The van der Waals surface area contributed by atoms with E-state index in [1.54, 1.807) is 44.8 Å². The van der Waals surface area contributed by atoms with Crippen molar-refractivity contribution in [3.05, 3.63) is 107 Å². The standard InChI is InChI=1S/C31H30ClN3O5S/c1-7-40-30(37)27-18(3)33-31-35(28(27)20-8-13-24(38-5)25(15-20)39-6)29(36)26(41-31)16-21-14-17(2)34(19(21)4)23-11-9-22(32)10-12-23/h8-16,28H,7H2,1-6H3. The molecule has 1 atom stereocenters. The summed E-state index contributed by atoms with van der Waals surface area (Å²) < 4.78 is 20.5. The van der Waals surface area contributed by atoms with Gasteiger partial charge in [0.1, 0.15) is 0 Å². The van der Waals surface area contributed by atoms with Crippen molar-refractivity contribution in [3.8, 4) is 17.2 Å². The van der Waals surface area contributed by atoms with E-state index in [1.807, 2.05) is 56.3 Å². The Labute approximate surface area is 246 Å². The van der Waals surface area contributed by atoms with Crippen LogP contribution >= 0.6 is 22.9 Å². The van der Waals surface area contributed by atoms with Crippen molar-refractivity contribution in [2.24, 2.45) is 4.99 Å². The quantitative estimate of drug-likeness (QED) is 0.286. The molecule has 2 aromatic carbocycles. The summed E-state index contributed by atoms with van der Waals surface area (Å²) in [4.78, 5) is 32.4. The van der Waals surface area contributed by atoms with Crippen molar-refractivity contribution in [1.82, 2.24) is 9.13 Å². The first kappa shape index (κ1) is 28.4. The third kappa shape index (κ3) is 5.11. The average molecular weight is 592 g/mol. The molecule has 0 saturated heterocycles. The molecular weight excluding hydrogens is 562 g/mol. The van der Waals surface area contributed by atoms with Gasteiger partial charge in [-0.3, -0.25) is 9.36 Å². The lowest BCUT2D eigenvalue weighted by Gasteiger charge is -2.25. The van der Waals surface area contributed by atoms with Crippen molar-refractivity contribution in [3.63, 3.8) is 0 Å². The Morgan fingerprint density at radius 1 is 1.05 bits per heavy atom. The summed E-state index contributed by atoms with van der Waals surface area (Å²) in [7, 11) is 3.10. The number of fused-ring (bicyclic) bond motifs is 1. The van der Waals surface area contributed by atoms with Crippen LogP contribution in [0.5, 0.6) is 11.5 Å². The molecule has 41 heavy (non-hydrogen) atoms. The molecule has 212 valence electrons. The molecule has 1 aliphatic rings. The smallest absolute Gasteiger partial charge is 0.338 e. The van der Waals surface area contributed by atoms with Crippen LogP contribution in [-0.4, -0.2) is 35.9 Å². The molecule has 5 rings (SSSR count). The second-order valence-electron chi connectivity index (χ2n) is 9.55. The van der Waals surface area contributed by atoms with E-state index in [0.29, 0.717) is 42.7 Å². The minimum Gasteiger partial charge on any atom is -0.493 e. The average Bonchev–Trinajstić information content (AvgIpc) is 3.41. The number of hydrogen-bond donors (Lipinski definition) is 0. The van der Waals surface area contributed by atoms with E-state index in [1.165, 1.54) is 11.3 Å². The van der Waals surface area contributed by atoms with Gasteiger partial charge in [0.2, 0.25) is 0 Å². The van der Waals surface area contributed by atoms with Gasteiger partial charge in [-0.1, -0.05) is 29.0 Å². The maximum Gasteiger partial charge on any atom is 0.338 e. The lowest BCUT2D eigenvalue weighted by molar-refractivity contribution is -0.139. The molecule has 0 fully saturated rings. The Kier molecular flexibility index (Phi) is 7.93. The predicted molar refractivity (Wildman–Crippen MR) is 160 cm³/mol.